The molecule has 1 unspecified atom stereocenters. The minimum absolute atomic E-state index is 0. The van der Waals surface area contributed by atoms with Gasteiger partial charge in [0, 0.05) is 6.54 Å². The molecule has 1 aliphatic heterocycles. The van der Waals surface area contributed by atoms with Crippen LogP contribution >= 0.6 is 12.4 Å². The average molecular weight is 307 g/mol. The van der Waals surface area contributed by atoms with Gasteiger partial charge in [-0.05, 0) is 58.2 Å². The summed E-state index contributed by atoms with van der Waals surface area (Å²) in [5.74, 6) is 0.670. The first kappa shape index (κ1) is 19.7. The minimum Gasteiger partial charge on any atom is -0.465 e. The molecular formula is C15H31ClN2O2. The molecule has 5 heteroatoms. The van der Waals surface area contributed by atoms with Crippen LogP contribution in [0, 0.1) is 5.92 Å². The Morgan fingerprint density at radius 3 is 2.45 bits per heavy atom. The van der Waals surface area contributed by atoms with Crippen molar-refractivity contribution in [2.45, 2.75) is 52.5 Å². The van der Waals surface area contributed by atoms with Gasteiger partial charge in [0.05, 0.1) is 6.61 Å². The summed E-state index contributed by atoms with van der Waals surface area (Å²) in [6.45, 7) is 10.8. The third-order valence-corrected chi connectivity index (χ3v) is 3.85. The fourth-order valence-corrected chi connectivity index (χ4v) is 2.87. The Morgan fingerprint density at radius 1 is 1.30 bits per heavy atom. The van der Waals surface area contributed by atoms with Crippen molar-refractivity contribution in [3.63, 3.8) is 0 Å². The van der Waals surface area contributed by atoms with Crippen LogP contribution < -0.4 is 5.32 Å². The van der Waals surface area contributed by atoms with Crippen LogP contribution in [0.5, 0.6) is 0 Å². The number of rotatable bonds is 8. The quantitative estimate of drug-likeness (QED) is 0.700. The highest BCUT2D eigenvalue weighted by atomic mass is 35.5. The SMILES string of the molecule is CCCN(CC1CCNCC1)C(CC)C(=O)OCC.Cl. The molecule has 1 aliphatic rings. The second-order valence-electron chi connectivity index (χ2n) is 5.36. The smallest absolute Gasteiger partial charge is 0.323 e. The molecular weight excluding hydrogens is 276 g/mol. The topological polar surface area (TPSA) is 41.6 Å². The van der Waals surface area contributed by atoms with Crippen LogP contribution in [-0.2, 0) is 9.53 Å². The van der Waals surface area contributed by atoms with Gasteiger partial charge in [0.25, 0.3) is 0 Å². The molecule has 0 aromatic carbocycles. The van der Waals surface area contributed by atoms with Crippen molar-refractivity contribution in [3.8, 4) is 0 Å². The van der Waals surface area contributed by atoms with Crippen molar-refractivity contribution in [1.82, 2.24) is 10.2 Å². The second kappa shape index (κ2) is 11.4. The zero-order chi connectivity index (χ0) is 14.1. The highest BCUT2D eigenvalue weighted by molar-refractivity contribution is 5.85. The third kappa shape index (κ3) is 6.42. The third-order valence-electron chi connectivity index (χ3n) is 3.85. The molecule has 1 saturated heterocycles. The first-order valence-electron chi connectivity index (χ1n) is 7.84. The van der Waals surface area contributed by atoms with Crippen LogP contribution in [0.4, 0.5) is 0 Å². The summed E-state index contributed by atoms with van der Waals surface area (Å²) in [5.41, 5.74) is 0. The van der Waals surface area contributed by atoms with Crippen LogP contribution in [-0.4, -0.2) is 49.7 Å². The summed E-state index contributed by atoms with van der Waals surface area (Å²) in [4.78, 5) is 14.4. The molecule has 0 aromatic heterocycles. The number of hydrogen-bond acceptors (Lipinski definition) is 4. The largest absolute Gasteiger partial charge is 0.465 e. The Labute approximate surface area is 130 Å². The van der Waals surface area contributed by atoms with Crippen molar-refractivity contribution in [1.29, 1.82) is 0 Å². The van der Waals surface area contributed by atoms with Gasteiger partial charge in [0.15, 0.2) is 0 Å². The van der Waals surface area contributed by atoms with Gasteiger partial charge in [-0.25, -0.2) is 0 Å². The van der Waals surface area contributed by atoms with E-state index in [0.29, 0.717) is 6.61 Å². The molecule has 4 nitrogen and oxygen atoms in total. The number of hydrogen-bond donors (Lipinski definition) is 1. The van der Waals surface area contributed by atoms with E-state index < -0.39 is 0 Å². The number of carbonyl (C=O) groups excluding carboxylic acids is 1. The van der Waals surface area contributed by atoms with E-state index in [-0.39, 0.29) is 24.4 Å². The van der Waals surface area contributed by atoms with E-state index in [0.717, 1.165) is 44.9 Å². The van der Waals surface area contributed by atoms with Gasteiger partial charge < -0.3 is 10.1 Å². The molecule has 0 radical (unpaired) electrons. The lowest BCUT2D eigenvalue weighted by atomic mass is 9.96. The number of nitrogens with zero attached hydrogens (tertiary/aromatic N) is 1. The Hall–Kier alpha value is -0.320. The number of piperidine rings is 1. The van der Waals surface area contributed by atoms with E-state index in [4.69, 9.17) is 4.74 Å². The molecule has 20 heavy (non-hydrogen) atoms. The van der Waals surface area contributed by atoms with E-state index >= 15 is 0 Å². The molecule has 0 aliphatic carbocycles. The van der Waals surface area contributed by atoms with Gasteiger partial charge in [-0.15, -0.1) is 12.4 Å². The van der Waals surface area contributed by atoms with Crippen molar-refractivity contribution >= 4 is 18.4 Å². The fraction of sp³-hybridized carbons (Fsp3) is 0.933. The number of halogens is 1. The molecule has 1 atom stereocenters. The Morgan fingerprint density at radius 2 is 1.95 bits per heavy atom. The second-order valence-corrected chi connectivity index (χ2v) is 5.36. The van der Waals surface area contributed by atoms with E-state index in [2.05, 4.69) is 24.1 Å². The minimum atomic E-state index is -0.0604. The molecule has 120 valence electrons. The van der Waals surface area contributed by atoms with Gasteiger partial charge in [0.2, 0.25) is 0 Å². The molecule has 0 amide bonds. The number of esters is 1. The number of nitrogens with one attached hydrogen (secondary N) is 1. The van der Waals surface area contributed by atoms with Crippen molar-refractivity contribution in [2.24, 2.45) is 5.92 Å². The lowest BCUT2D eigenvalue weighted by Gasteiger charge is -2.34. The lowest BCUT2D eigenvalue weighted by Crippen LogP contribution is -2.46. The number of ether oxygens (including phenoxy) is 1. The normalized spacial score (nSPS) is 17.6. The standard InChI is InChI=1S/C15H30N2O2.ClH/c1-4-11-17(12-13-7-9-16-10-8-13)14(5-2)15(18)19-6-3;/h13-14,16H,4-12H2,1-3H3;1H. The van der Waals surface area contributed by atoms with E-state index in [1.807, 2.05) is 6.92 Å². The number of carbonyl (C=O) groups is 1. The summed E-state index contributed by atoms with van der Waals surface area (Å²) in [7, 11) is 0. The Bertz CT molecular complexity index is 258. The predicted octanol–water partition coefficient (Wildman–Crippen LogP) is 2.46. The molecule has 0 saturated carbocycles. The van der Waals surface area contributed by atoms with Crippen molar-refractivity contribution < 1.29 is 9.53 Å². The highest BCUT2D eigenvalue weighted by Crippen LogP contribution is 2.17. The molecule has 0 spiro atoms. The maximum atomic E-state index is 12.1. The summed E-state index contributed by atoms with van der Waals surface area (Å²) in [6.07, 6.45) is 4.36. The molecule has 0 aromatic rings. The first-order chi connectivity index (χ1) is 9.22. The van der Waals surface area contributed by atoms with Gasteiger partial charge in [-0.3, -0.25) is 9.69 Å². The summed E-state index contributed by atoms with van der Waals surface area (Å²) in [5, 5.41) is 3.40. The summed E-state index contributed by atoms with van der Waals surface area (Å²) in [6, 6.07) is -0.0604. The summed E-state index contributed by atoms with van der Waals surface area (Å²) < 4.78 is 5.22. The monoisotopic (exact) mass is 306 g/mol. The predicted molar refractivity (Wildman–Crippen MR) is 85.4 cm³/mol. The van der Waals surface area contributed by atoms with Crippen molar-refractivity contribution in [2.75, 3.05) is 32.8 Å². The molecule has 1 heterocycles. The average Bonchev–Trinajstić information content (AvgIpc) is 2.41. The maximum absolute atomic E-state index is 12.1. The highest BCUT2D eigenvalue weighted by Gasteiger charge is 2.27. The summed E-state index contributed by atoms with van der Waals surface area (Å²) >= 11 is 0. The van der Waals surface area contributed by atoms with E-state index in [1.165, 1.54) is 12.8 Å². The Kier molecular flexibility index (Phi) is 11.2. The molecule has 1 fully saturated rings. The van der Waals surface area contributed by atoms with Crippen LogP contribution in [0.2, 0.25) is 0 Å². The first-order valence-corrected chi connectivity index (χ1v) is 7.84. The zero-order valence-corrected chi connectivity index (χ0v) is 14.0. The maximum Gasteiger partial charge on any atom is 0.323 e. The van der Waals surface area contributed by atoms with Gasteiger partial charge in [-0.1, -0.05) is 13.8 Å². The van der Waals surface area contributed by atoms with Gasteiger partial charge in [-0.2, -0.15) is 0 Å². The van der Waals surface area contributed by atoms with Gasteiger partial charge >= 0.3 is 5.97 Å². The van der Waals surface area contributed by atoms with Crippen LogP contribution in [0.1, 0.15) is 46.5 Å². The lowest BCUT2D eigenvalue weighted by molar-refractivity contribution is -0.150. The van der Waals surface area contributed by atoms with E-state index in [1.54, 1.807) is 0 Å². The van der Waals surface area contributed by atoms with Crippen LogP contribution in [0.25, 0.3) is 0 Å². The Balaban J connectivity index is 0.00000361. The zero-order valence-electron chi connectivity index (χ0n) is 13.2. The van der Waals surface area contributed by atoms with Crippen molar-refractivity contribution in [3.05, 3.63) is 0 Å². The van der Waals surface area contributed by atoms with Crippen LogP contribution in [0.15, 0.2) is 0 Å². The molecule has 1 N–H and O–H groups in total. The fourth-order valence-electron chi connectivity index (χ4n) is 2.87. The van der Waals surface area contributed by atoms with Crippen LogP contribution in [0.3, 0.4) is 0 Å². The molecule has 0 bridgehead atoms. The van der Waals surface area contributed by atoms with Gasteiger partial charge in [0.1, 0.15) is 6.04 Å². The van der Waals surface area contributed by atoms with E-state index in [9.17, 15) is 4.79 Å². The molecule has 1 rings (SSSR count).